The van der Waals surface area contributed by atoms with Gasteiger partial charge in [-0.15, -0.1) is 0 Å². The predicted molar refractivity (Wildman–Crippen MR) is 106 cm³/mol. The number of nitro benzene ring substituents is 1. The van der Waals surface area contributed by atoms with Crippen LogP contribution in [-0.2, 0) is 9.59 Å². The summed E-state index contributed by atoms with van der Waals surface area (Å²) >= 11 is 0. The SMILES string of the molecule is CN(c1ccc(N2C(=O)[C@H]3CC=CC[C@@H]3C2=O)cc1[N+](=O)[O-])C1CCCCC1. The molecule has 2 amide bonds. The Morgan fingerprint density at radius 1 is 1.04 bits per heavy atom. The number of carbonyl (C=O) groups is 2. The molecule has 4 rings (SSSR count). The van der Waals surface area contributed by atoms with Gasteiger partial charge in [0, 0.05) is 19.2 Å². The number of hydrogen-bond acceptors (Lipinski definition) is 5. The van der Waals surface area contributed by atoms with Gasteiger partial charge in [-0.2, -0.15) is 0 Å². The molecule has 1 saturated heterocycles. The summed E-state index contributed by atoms with van der Waals surface area (Å²) in [6.45, 7) is 0. The lowest BCUT2D eigenvalue weighted by Crippen LogP contribution is -2.34. The van der Waals surface area contributed by atoms with Crippen LogP contribution in [0.15, 0.2) is 30.4 Å². The smallest absolute Gasteiger partial charge is 0.294 e. The minimum Gasteiger partial charge on any atom is -0.366 e. The predicted octanol–water partition coefficient (Wildman–Crippen LogP) is 3.82. The molecular weight excluding hydrogens is 358 g/mol. The van der Waals surface area contributed by atoms with E-state index in [1.54, 1.807) is 12.1 Å². The average Bonchev–Trinajstić information content (AvgIpc) is 2.98. The number of allylic oxidation sites excluding steroid dienone is 2. The van der Waals surface area contributed by atoms with Crippen LogP contribution in [0.25, 0.3) is 0 Å². The average molecular weight is 383 g/mol. The van der Waals surface area contributed by atoms with Gasteiger partial charge in [0.25, 0.3) is 5.69 Å². The largest absolute Gasteiger partial charge is 0.366 e. The highest BCUT2D eigenvalue weighted by Crippen LogP contribution is 2.41. The molecule has 0 N–H and O–H groups in total. The summed E-state index contributed by atoms with van der Waals surface area (Å²) in [4.78, 5) is 40.1. The summed E-state index contributed by atoms with van der Waals surface area (Å²) in [5.41, 5.74) is 0.787. The first-order valence-electron chi connectivity index (χ1n) is 10.0. The number of nitro groups is 1. The van der Waals surface area contributed by atoms with Gasteiger partial charge in [0.05, 0.1) is 22.4 Å². The Bertz CT molecular complexity index is 818. The zero-order chi connectivity index (χ0) is 19.8. The molecule has 7 heteroatoms. The van der Waals surface area contributed by atoms with Crippen molar-refractivity contribution in [2.24, 2.45) is 11.8 Å². The van der Waals surface area contributed by atoms with Gasteiger partial charge in [-0.05, 0) is 37.8 Å². The van der Waals surface area contributed by atoms with Crippen LogP contribution in [0.3, 0.4) is 0 Å². The second-order valence-electron chi connectivity index (χ2n) is 8.00. The third-order valence-corrected chi connectivity index (χ3v) is 6.42. The standard InChI is InChI=1S/C21H25N3O4/c1-22(14-7-3-2-4-8-14)18-12-11-15(13-19(18)24(27)28)23-20(25)16-9-5-6-10-17(16)21(23)26/h5-6,11-14,16-17H,2-4,7-10H2,1H3/t16-,17-/m0/s1. The first-order valence-corrected chi connectivity index (χ1v) is 10.0. The minimum absolute atomic E-state index is 0.0563. The summed E-state index contributed by atoms with van der Waals surface area (Å²) in [5, 5.41) is 11.8. The van der Waals surface area contributed by atoms with Crippen LogP contribution in [0.1, 0.15) is 44.9 Å². The van der Waals surface area contributed by atoms with Crippen LogP contribution in [0.4, 0.5) is 17.1 Å². The molecule has 2 aliphatic carbocycles. The van der Waals surface area contributed by atoms with Gasteiger partial charge in [-0.1, -0.05) is 31.4 Å². The molecule has 0 unspecified atom stereocenters. The number of amides is 2. The van der Waals surface area contributed by atoms with Gasteiger partial charge in [-0.25, -0.2) is 4.90 Å². The molecular formula is C21H25N3O4. The monoisotopic (exact) mass is 383 g/mol. The Morgan fingerprint density at radius 2 is 1.64 bits per heavy atom. The molecule has 2 atom stereocenters. The highest BCUT2D eigenvalue weighted by atomic mass is 16.6. The van der Waals surface area contributed by atoms with Crippen molar-refractivity contribution >= 4 is 28.9 Å². The second kappa shape index (κ2) is 7.37. The zero-order valence-electron chi connectivity index (χ0n) is 16.0. The van der Waals surface area contributed by atoms with Gasteiger partial charge in [0.15, 0.2) is 0 Å². The third kappa shape index (κ3) is 3.08. The fraction of sp³-hybridized carbons (Fsp3) is 0.524. The van der Waals surface area contributed by atoms with Crippen molar-refractivity contribution in [1.82, 2.24) is 0 Å². The maximum atomic E-state index is 12.8. The van der Waals surface area contributed by atoms with Crippen LogP contribution in [-0.4, -0.2) is 29.8 Å². The summed E-state index contributed by atoms with van der Waals surface area (Å²) in [6.07, 6.45) is 10.5. The van der Waals surface area contributed by atoms with E-state index < -0.39 is 4.92 Å². The van der Waals surface area contributed by atoms with Crippen molar-refractivity contribution in [3.63, 3.8) is 0 Å². The Hall–Kier alpha value is -2.70. The molecule has 2 fully saturated rings. The summed E-state index contributed by atoms with van der Waals surface area (Å²) in [6, 6.07) is 5.02. The van der Waals surface area contributed by atoms with Gasteiger partial charge in [-0.3, -0.25) is 19.7 Å². The molecule has 3 aliphatic rings. The van der Waals surface area contributed by atoms with Crippen molar-refractivity contribution in [3.05, 3.63) is 40.5 Å². The first-order chi connectivity index (χ1) is 13.5. The Balaban J connectivity index is 1.66. The lowest BCUT2D eigenvalue weighted by Gasteiger charge is -2.32. The van der Waals surface area contributed by atoms with Gasteiger partial charge in [0.1, 0.15) is 5.69 Å². The van der Waals surface area contributed by atoms with Crippen LogP contribution in [0, 0.1) is 22.0 Å². The van der Waals surface area contributed by atoms with E-state index in [0.717, 1.165) is 30.6 Å². The van der Waals surface area contributed by atoms with E-state index in [2.05, 4.69) is 0 Å². The van der Waals surface area contributed by atoms with Crippen molar-refractivity contribution in [1.29, 1.82) is 0 Å². The molecule has 0 radical (unpaired) electrons. The summed E-state index contributed by atoms with van der Waals surface area (Å²) in [5.74, 6) is -1.19. The maximum absolute atomic E-state index is 12.8. The number of carbonyl (C=O) groups excluding carboxylic acids is 2. The maximum Gasteiger partial charge on any atom is 0.294 e. The Kier molecular flexibility index (Phi) is 4.91. The van der Waals surface area contributed by atoms with Crippen molar-refractivity contribution in [2.75, 3.05) is 16.8 Å². The van der Waals surface area contributed by atoms with Crippen molar-refractivity contribution in [3.8, 4) is 0 Å². The summed E-state index contributed by atoms with van der Waals surface area (Å²) in [7, 11) is 1.89. The van der Waals surface area contributed by atoms with E-state index in [1.165, 1.54) is 12.5 Å². The van der Waals surface area contributed by atoms with Crippen LogP contribution >= 0.6 is 0 Å². The molecule has 1 saturated carbocycles. The van der Waals surface area contributed by atoms with Crippen LogP contribution in [0.5, 0.6) is 0 Å². The number of fused-ring (bicyclic) bond motifs is 1. The molecule has 1 aromatic rings. The first kappa shape index (κ1) is 18.7. The van der Waals surface area contributed by atoms with E-state index in [9.17, 15) is 19.7 Å². The van der Waals surface area contributed by atoms with Gasteiger partial charge >= 0.3 is 0 Å². The Morgan fingerprint density at radius 3 is 2.21 bits per heavy atom. The van der Waals surface area contributed by atoms with E-state index in [0.29, 0.717) is 24.2 Å². The Labute approximate surface area is 164 Å². The second-order valence-corrected chi connectivity index (χ2v) is 8.00. The number of anilines is 2. The van der Waals surface area contributed by atoms with E-state index in [-0.39, 0.29) is 35.4 Å². The fourth-order valence-electron chi connectivity index (χ4n) is 4.82. The van der Waals surface area contributed by atoms with E-state index in [1.807, 2.05) is 24.1 Å². The van der Waals surface area contributed by atoms with Crippen LogP contribution in [0.2, 0.25) is 0 Å². The third-order valence-electron chi connectivity index (χ3n) is 6.42. The van der Waals surface area contributed by atoms with Crippen LogP contribution < -0.4 is 9.80 Å². The molecule has 1 aliphatic heterocycles. The van der Waals surface area contributed by atoms with Crippen molar-refractivity contribution in [2.45, 2.75) is 51.0 Å². The molecule has 1 heterocycles. The topological polar surface area (TPSA) is 83.8 Å². The van der Waals surface area contributed by atoms with Crippen molar-refractivity contribution < 1.29 is 14.5 Å². The molecule has 0 spiro atoms. The van der Waals surface area contributed by atoms with E-state index in [4.69, 9.17) is 0 Å². The molecule has 148 valence electrons. The number of hydrogen-bond donors (Lipinski definition) is 0. The normalized spacial score (nSPS) is 25.1. The molecule has 28 heavy (non-hydrogen) atoms. The highest BCUT2D eigenvalue weighted by Gasteiger charge is 2.48. The lowest BCUT2D eigenvalue weighted by atomic mass is 9.85. The quantitative estimate of drug-likeness (QED) is 0.342. The minimum atomic E-state index is -0.419. The highest BCUT2D eigenvalue weighted by molar-refractivity contribution is 6.22. The molecule has 7 nitrogen and oxygen atoms in total. The lowest BCUT2D eigenvalue weighted by molar-refractivity contribution is -0.384. The summed E-state index contributed by atoms with van der Waals surface area (Å²) < 4.78 is 0. The molecule has 0 bridgehead atoms. The fourth-order valence-corrected chi connectivity index (χ4v) is 4.82. The van der Waals surface area contributed by atoms with Gasteiger partial charge in [0.2, 0.25) is 11.8 Å². The molecule has 1 aromatic carbocycles. The number of rotatable bonds is 4. The number of nitrogens with zero attached hydrogens (tertiary/aromatic N) is 3. The zero-order valence-corrected chi connectivity index (χ0v) is 16.0. The number of benzene rings is 1. The number of imide groups is 1. The van der Waals surface area contributed by atoms with Gasteiger partial charge < -0.3 is 4.90 Å². The molecule has 0 aromatic heterocycles. The van der Waals surface area contributed by atoms with E-state index >= 15 is 0 Å².